The lowest BCUT2D eigenvalue weighted by atomic mass is 9.85. The van der Waals surface area contributed by atoms with Crippen molar-refractivity contribution in [2.75, 3.05) is 0 Å². The fourth-order valence-electron chi connectivity index (χ4n) is 2.13. The van der Waals surface area contributed by atoms with E-state index in [1.165, 1.54) is 0 Å². The van der Waals surface area contributed by atoms with E-state index in [9.17, 15) is 10.2 Å². The molecule has 0 aromatic heterocycles. The molecule has 1 aliphatic rings. The zero-order valence-electron chi connectivity index (χ0n) is 10.9. The Kier molecular flexibility index (Phi) is 4.12. The number of nitrogens with zero attached hydrogens (tertiary/aromatic N) is 2. The summed E-state index contributed by atoms with van der Waals surface area (Å²) in [4.78, 5) is 0. The molecule has 2 N–H and O–H groups in total. The first-order valence-corrected chi connectivity index (χ1v) is 6.43. The molecule has 0 spiro atoms. The van der Waals surface area contributed by atoms with Gasteiger partial charge in [-0.3, -0.25) is 0 Å². The van der Waals surface area contributed by atoms with E-state index in [0.717, 1.165) is 6.42 Å². The molecule has 1 aromatic rings. The highest BCUT2D eigenvalue weighted by Crippen LogP contribution is 2.32. The van der Waals surface area contributed by atoms with Crippen molar-refractivity contribution in [2.24, 2.45) is 10.2 Å². The molecular weight excluding hydrogens is 240 g/mol. The van der Waals surface area contributed by atoms with Gasteiger partial charge in [-0.15, -0.1) is 0 Å². The predicted molar refractivity (Wildman–Crippen MR) is 74.5 cm³/mol. The molecule has 1 aromatic carbocycles. The maximum atomic E-state index is 10.1. The van der Waals surface area contributed by atoms with Crippen LogP contribution in [0.1, 0.15) is 19.8 Å². The first kappa shape index (κ1) is 13.5. The molecular formula is C15H18N2O2. The van der Waals surface area contributed by atoms with Gasteiger partial charge in [-0.1, -0.05) is 49.8 Å². The lowest BCUT2D eigenvalue weighted by molar-refractivity contribution is 0.143. The molecule has 2 atom stereocenters. The first-order chi connectivity index (χ1) is 9.18. The van der Waals surface area contributed by atoms with Crippen LogP contribution in [0.15, 0.2) is 58.8 Å². The van der Waals surface area contributed by atoms with Gasteiger partial charge in [0.05, 0.1) is 0 Å². The summed E-state index contributed by atoms with van der Waals surface area (Å²) in [5, 5.41) is 28.2. The SMILES string of the molecule is CCCC1(N=Nc2ccccc2O)C=CC=CC1O. The van der Waals surface area contributed by atoms with Gasteiger partial charge in [-0.25, -0.2) is 0 Å². The number of allylic oxidation sites excluding steroid dienone is 2. The van der Waals surface area contributed by atoms with Crippen LogP contribution in [0.5, 0.6) is 5.75 Å². The summed E-state index contributed by atoms with van der Waals surface area (Å²) in [6, 6.07) is 6.77. The minimum atomic E-state index is -0.730. The highest BCUT2D eigenvalue weighted by molar-refractivity contribution is 5.49. The maximum absolute atomic E-state index is 10.1. The third-order valence-electron chi connectivity index (χ3n) is 3.18. The Morgan fingerprint density at radius 1 is 1.26 bits per heavy atom. The third kappa shape index (κ3) is 2.90. The van der Waals surface area contributed by atoms with Crippen LogP contribution in [0, 0.1) is 0 Å². The molecule has 0 amide bonds. The molecule has 1 aliphatic carbocycles. The summed E-state index contributed by atoms with van der Waals surface area (Å²) in [5.74, 6) is 0.0859. The molecule has 0 heterocycles. The number of para-hydroxylation sites is 1. The summed E-state index contributed by atoms with van der Waals surface area (Å²) < 4.78 is 0. The van der Waals surface area contributed by atoms with Crippen LogP contribution in [-0.4, -0.2) is 21.9 Å². The average molecular weight is 258 g/mol. The summed E-state index contributed by atoms with van der Waals surface area (Å²) in [5.41, 5.74) is -0.320. The van der Waals surface area contributed by atoms with Crippen LogP contribution in [0.2, 0.25) is 0 Å². The van der Waals surface area contributed by atoms with Gasteiger partial charge in [0.25, 0.3) is 0 Å². The molecule has 0 saturated carbocycles. The van der Waals surface area contributed by atoms with E-state index in [2.05, 4.69) is 10.2 Å². The number of aromatic hydroxyl groups is 1. The lowest BCUT2D eigenvalue weighted by Crippen LogP contribution is -2.38. The second kappa shape index (κ2) is 5.80. The van der Waals surface area contributed by atoms with E-state index in [4.69, 9.17) is 0 Å². The summed E-state index contributed by atoms with van der Waals surface area (Å²) in [6.07, 6.45) is 8.14. The van der Waals surface area contributed by atoms with Crippen molar-refractivity contribution >= 4 is 5.69 Å². The number of hydrogen-bond acceptors (Lipinski definition) is 4. The second-order valence-electron chi connectivity index (χ2n) is 4.62. The highest BCUT2D eigenvalue weighted by Gasteiger charge is 2.34. The smallest absolute Gasteiger partial charge is 0.143 e. The van der Waals surface area contributed by atoms with Crippen LogP contribution in [-0.2, 0) is 0 Å². The van der Waals surface area contributed by atoms with Crippen LogP contribution in [0.3, 0.4) is 0 Å². The number of aliphatic hydroxyl groups is 1. The van der Waals surface area contributed by atoms with Crippen LogP contribution < -0.4 is 0 Å². The Balaban J connectivity index is 2.29. The number of phenols is 1. The van der Waals surface area contributed by atoms with Gasteiger partial charge in [-0.05, 0) is 18.6 Å². The van der Waals surface area contributed by atoms with Crippen molar-refractivity contribution in [1.29, 1.82) is 0 Å². The molecule has 2 unspecified atom stereocenters. The van der Waals surface area contributed by atoms with Gasteiger partial charge in [0, 0.05) is 0 Å². The summed E-state index contributed by atoms with van der Waals surface area (Å²) in [7, 11) is 0. The largest absolute Gasteiger partial charge is 0.506 e. The van der Waals surface area contributed by atoms with E-state index < -0.39 is 11.6 Å². The van der Waals surface area contributed by atoms with Crippen LogP contribution >= 0.6 is 0 Å². The molecule has 0 fully saturated rings. The molecule has 2 rings (SSSR count). The fourth-order valence-corrected chi connectivity index (χ4v) is 2.13. The van der Waals surface area contributed by atoms with Gasteiger partial charge in [0.15, 0.2) is 0 Å². The van der Waals surface area contributed by atoms with Crippen LogP contribution in [0.25, 0.3) is 0 Å². The third-order valence-corrected chi connectivity index (χ3v) is 3.18. The molecule has 100 valence electrons. The molecule has 19 heavy (non-hydrogen) atoms. The standard InChI is InChI=1S/C15H18N2O2/c1-2-10-15(11-6-5-9-14(15)19)17-16-12-7-3-4-8-13(12)18/h3-9,11,14,18-19H,2,10H2,1H3. The summed E-state index contributed by atoms with van der Waals surface area (Å²) >= 11 is 0. The topological polar surface area (TPSA) is 65.2 Å². The normalized spacial score (nSPS) is 26.1. The average Bonchev–Trinajstić information content (AvgIpc) is 2.41. The number of rotatable bonds is 4. The number of benzene rings is 1. The first-order valence-electron chi connectivity index (χ1n) is 6.43. The summed E-state index contributed by atoms with van der Waals surface area (Å²) in [6.45, 7) is 2.04. The van der Waals surface area contributed by atoms with Gasteiger partial charge < -0.3 is 10.2 Å². The Bertz CT molecular complexity index is 523. The monoisotopic (exact) mass is 258 g/mol. The van der Waals surface area contributed by atoms with Crippen molar-refractivity contribution < 1.29 is 10.2 Å². The Hall–Kier alpha value is -1.94. The van der Waals surface area contributed by atoms with E-state index in [1.807, 2.05) is 19.1 Å². The Morgan fingerprint density at radius 3 is 2.74 bits per heavy atom. The van der Waals surface area contributed by atoms with Gasteiger partial charge in [-0.2, -0.15) is 10.2 Å². The second-order valence-corrected chi connectivity index (χ2v) is 4.62. The minimum Gasteiger partial charge on any atom is -0.506 e. The lowest BCUT2D eigenvalue weighted by Gasteiger charge is -2.30. The minimum absolute atomic E-state index is 0.0859. The zero-order valence-corrected chi connectivity index (χ0v) is 10.9. The van der Waals surface area contributed by atoms with Gasteiger partial charge >= 0.3 is 0 Å². The fraction of sp³-hybridized carbons (Fsp3) is 0.333. The molecule has 4 nitrogen and oxygen atoms in total. The number of aliphatic hydroxyl groups excluding tert-OH is 1. The predicted octanol–water partition coefficient (Wildman–Crippen LogP) is 3.50. The number of phenolic OH excluding ortho intramolecular Hbond substituents is 1. The molecule has 0 radical (unpaired) electrons. The van der Waals surface area contributed by atoms with E-state index >= 15 is 0 Å². The molecule has 0 aliphatic heterocycles. The maximum Gasteiger partial charge on any atom is 0.143 e. The van der Waals surface area contributed by atoms with E-state index in [1.54, 1.807) is 36.4 Å². The van der Waals surface area contributed by atoms with Crippen LogP contribution in [0.4, 0.5) is 5.69 Å². The zero-order chi connectivity index (χ0) is 13.7. The van der Waals surface area contributed by atoms with E-state index in [0.29, 0.717) is 12.1 Å². The number of hydrogen-bond donors (Lipinski definition) is 2. The van der Waals surface area contributed by atoms with Crippen molar-refractivity contribution in [3.8, 4) is 5.75 Å². The van der Waals surface area contributed by atoms with Crippen molar-refractivity contribution in [3.05, 3.63) is 48.6 Å². The Labute approximate surface area is 112 Å². The van der Waals surface area contributed by atoms with Crippen molar-refractivity contribution in [3.63, 3.8) is 0 Å². The number of azo groups is 1. The highest BCUT2D eigenvalue weighted by atomic mass is 16.3. The van der Waals surface area contributed by atoms with Gasteiger partial charge in [0.1, 0.15) is 23.1 Å². The quantitative estimate of drug-likeness (QED) is 0.812. The molecule has 0 bridgehead atoms. The Morgan fingerprint density at radius 2 is 2.05 bits per heavy atom. The van der Waals surface area contributed by atoms with Gasteiger partial charge in [0.2, 0.25) is 0 Å². The van der Waals surface area contributed by atoms with E-state index in [-0.39, 0.29) is 5.75 Å². The molecule has 4 heteroatoms. The molecule has 0 saturated heterocycles. The van der Waals surface area contributed by atoms with Crippen molar-refractivity contribution in [1.82, 2.24) is 0 Å². The van der Waals surface area contributed by atoms with Crippen molar-refractivity contribution in [2.45, 2.75) is 31.4 Å².